The van der Waals surface area contributed by atoms with Crippen molar-refractivity contribution < 1.29 is 0 Å². The van der Waals surface area contributed by atoms with Crippen LogP contribution < -0.4 is 0 Å². The van der Waals surface area contributed by atoms with Gasteiger partial charge in [0.1, 0.15) is 0 Å². The molecule has 0 atom stereocenters. The highest BCUT2D eigenvalue weighted by Gasteiger charge is 2.05. The van der Waals surface area contributed by atoms with Crippen LogP contribution in [0.3, 0.4) is 0 Å². The number of aryl methyl sites for hydroxylation is 1. The third-order valence-electron chi connectivity index (χ3n) is 2.62. The van der Waals surface area contributed by atoms with Gasteiger partial charge in [-0.25, -0.2) is 4.98 Å². The van der Waals surface area contributed by atoms with E-state index < -0.39 is 0 Å². The van der Waals surface area contributed by atoms with Crippen molar-refractivity contribution in [2.24, 2.45) is 7.05 Å². The Bertz CT molecular complexity index is 571. The molecule has 0 saturated heterocycles. The molecular weight excluding hydrogens is 186 g/mol. The lowest BCUT2D eigenvalue weighted by molar-refractivity contribution is 0.918. The molecule has 3 nitrogen and oxygen atoms in total. The molecule has 0 fully saturated rings. The fraction of sp³-hybridized carbons (Fsp3) is 0.0833. The molecule has 0 radical (unpaired) electrons. The number of aromatic nitrogens is 3. The summed E-state index contributed by atoms with van der Waals surface area (Å²) in [6, 6.07) is 10.4. The van der Waals surface area contributed by atoms with Gasteiger partial charge in [0.2, 0.25) is 0 Å². The van der Waals surface area contributed by atoms with E-state index in [0.717, 1.165) is 16.9 Å². The van der Waals surface area contributed by atoms with Gasteiger partial charge in [0.25, 0.3) is 0 Å². The molecule has 0 spiro atoms. The van der Waals surface area contributed by atoms with Crippen LogP contribution in [0, 0.1) is 0 Å². The van der Waals surface area contributed by atoms with Crippen LogP contribution in [0.15, 0.2) is 42.9 Å². The highest BCUT2D eigenvalue weighted by Crippen LogP contribution is 2.22. The number of hydrogen-bond donors (Lipinski definition) is 1. The van der Waals surface area contributed by atoms with Gasteiger partial charge in [-0.2, -0.15) is 0 Å². The number of aromatic amines is 1. The fourth-order valence-corrected chi connectivity index (χ4v) is 1.83. The fourth-order valence-electron chi connectivity index (χ4n) is 1.83. The molecule has 0 aliphatic carbocycles. The van der Waals surface area contributed by atoms with Crippen molar-refractivity contribution in [1.29, 1.82) is 0 Å². The van der Waals surface area contributed by atoms with E-state index in [4.69, 9.17) is 0 Å². The van der Waals surface area contributed by atoms with Crippen molar-refractivity contribution in [1.82, 2.24) is 14.5 Å². The van der Waals surface area contributed by atoms with Crippen LogP contribution in [0.1, 0.15) is 0 Å². The van der Waals surface area contributed by atoms with Gasteiger partial charge < -0.3 is 9.55 Å². The van der Waals surface area contributed by atoms with Crippen molar-refractivity contribution in [2.75, 3.05) is 0 Å². The molecule has 3 aromatic rings. The number of imidazole rings is 1. The molecule has 2 heterocycles. The molecular formula is C12H11N3. The molecule has 15 heavy (non-hydrogen) atoms. The van der Waals surface area contributed by atoms with Gasteiger partial charge in [-0.15, -0.1) is 0 Å². The standard InChI is InChI=1S/C12H11N3/c1-15-8-13-7-12(15)11-6-9-4-2-3-5-10(9)14-11/h2-8,14H,1H3. The summed E-state index contributed by atoms with van der Waals surface area (Å²) in [7, 11) is 1.99. The lowest BCUT2D eigenvalue weighted by Crippen LogP contribution is -1.88. The largest absolute Gasteiger partial charge is 0.353 e. The maximum absolute atomic E-state index is 4.11. The van der Waals surface area contributed by atoms with Gasteiger partial charge in [-0.1, -0.05) is 18.2 Å². The van der Waals surface area contributed by atoms with Crippen LogP contribution in [-0.2, 0) is 7.05 Å². The number of nitrogens with one attached hydrogen (secondary N) is 1. The third-order valence-corrected chi connectivity index (χ3v) is 2.62. The maximum atomic E-state index is 4.11. The zero-order valence-electron chi connectivity index (χ0n) is 8.44. The second-order valence-corrected chi connectivity index (χ2v) is 3.66. The van der Waals surface area contributed by atoms with Crippen molar-refractivity contribution in [2.45, 2.75) is 0 Å². The Labute approximate surface area is 87.4 Å². The Morgan fingerprint density at radius 2 is 2.13 bits per heavy atom. The maximum Gasteiger partial charge on any atom is 0.0948 e. The van der Waals surface area contributed by atoms with Crippen LogP contribution in [0.5, 0.6) is 0 Å². The van der Waals surface area contributed by atoms with E-state index in [1.807, 2.05) is 29.9 Å². The van der Waals surface area contributed by atoms with Crippen molar-refractivity contribution >= 4 is 10.9 Å². The molecule has 2 aromatic heterocycles. The van der Waals surface area contributed by atoms with Gasteiger partial charge >= 0.3 is 0 Å². The molecule has 0 amide bonds. The molecule has 0 aliphatic heterocycles. The second kappa shape index (κ2) is 2.98. The molecule has 0 aliphatic rings. The van der Waals surface area contributed by atoms with Gasteiger partial charge in [-0.05, 0) is 12.1 Å². The summed E-state index contributed by atoms with van der Waals surface area (Å²) in [5, 5.41) is 1.23. The SMILES string of the molecule is Cn1cncc1-c1cc2ccccc2[nH]1. The van der Waals surface area contributed by atoms with E-state index in [1.165, 1.54) is 5.39 Å². The van der Waals surface area contributed by atoms with Gasteiger partial charge in [0.15, 0.2) is 0 Å². The minimum Gasteiger partial charge on any atom is -0.353 e. The molecule has 0 unspecified atom stereocenters. The third kappa shape index (κ3) is 1.24. The minimum absolute atomic E-state index is 1.10. The smallest absolute Gasteiger partial charge is 0.0948 e. The number of hydrogen-bond acceptors (Lipinski definition) is 1. The molecule has 1 N–H and O–H groups in total. The van der Waals surface area contributed by atoms with E-state index in [9.17, 15) is 0 Å². The average Bonchev–Trinajstić information content (AvgIpc) is 2.82. The highest BCUT2D eigenvalue weighted by atomic mass is 15.0. The van der Waals surface area contributed by atoms with E-state index in [1.54, 1.807) is 6.33 Å². The molecule has 3 heteroatoms. The van der Waals surface area contributed by atoms with Gasteiger partial charge in [0.05, 0.1) is 23.9 Å². The van der Waals surface area contributed by atoms with E-state index >= 15 is 0 Å². The molecule has 3 rings (SSSR count). The monoisotopic (exact) mass is 197 g/mol. The Kier molecular flexibility index (Phi) is 1.65. The number of H-pyrrole nitrogens is 1. The van der Waals surface area contributed by atoms with Crippen LogP contribution >= 0.6 is 0 Å². The first-order valence-corrected chi connectivity index (χ1v) is 4.89. The summed E-state index contributed by atoms with van der Waals surface area (Å²) in [6.45, 7) is 0. The van der Waals surface area contributed by atoms with Gasteiger partial charge in [0, 0.05) is 18.0 Å². The Hall–Kier alpha value is -2.03. The summed E-state index contributed by atoms with van der Waals surface area (Å²) in [5.41, 5.74) is 3.37. The topological polar surface area (TPSA) is 33.6 Å². The van der Waals surface area contributed by atoms with E-state index in [2.05, 4.69) is 28.2 Å². The van der Waals surface area contributed by atoms with Crippen LogP contribution in [-0.4, -0.2) is 14.5 Å². The van der Waals surface area contributed by atoms with E-state index in [-0.39, 0.29) is 0 Å². The van der Waals surface area contributed by atoms with E-state index in [0.29, 0.717) is 0 Å². The molecule has 0 bridgehead atoms. The number of rotatable bonds is 1. The quantitative estimate of drug-likeness (QED) is 0.639. The Morgan fingerprint density at radius 1 is 1.27 bits per heavy atom. The van der Waals surface area contributed by atoms with Gasteiger partial charge in [-0.3, -0.25) is 0 Å². The van der Waals surface area contributed by atoms with Crippen molar-refractivity contribution in [3.63, 3.8) is 0 Å². The van der Waals surface area contributed by atoms with Crippen LogP contribution in [0.25, 0.3) is 22.3 Å². The summed E-state index contributed by atoms with van der Waals surface area (Å²) in [5.74, 6) is 0. The predicted octanol–water partition coefficient (Wildman–Crippen LogP) is 2.57. The zero-order chi connectivity index (χ0) is 10.3. The lowest BCUT2D eigenvalue weighted by Gasteiger charge is -1.96. The molecule has 74 valence electrons. The lowest BCUT2D eigenvalue weighted by atomic mass is 10.2. The Morgan fingerprint density at radius 3 is 2.87 bits per heavy atom. The summed E-state index contributed by atoms with van der Waals surface area (Å²) >= 11 is 0. The van der Waals surface area contributed by atoms with Crippen LogP contribution in [0.4, 0.5) is 0 Å². The summed E-state index contributed by atoms with van der Waals surface area (Å²) < 4.78 is 2.00. The van der Waals surface area contributed by atoms with Crippen LogP contribution in [0.2, 0.25) is 0 Å². The average molecular weight is 197 g/mol. The first-order chi connectivity index (χ1) is 7.34. The predicted molar refractivity (Wildman–Crippen MR) is 60.5 cm³/mol. The number of benzene rings is 1. The normalized spacial score (nSPS) is 11.0. The summed E-state index contributed by atoms with van der Waals surface area (Å²) in [4.78, 5) is 7.49. The number of para-hydroxylation sites is 1. The van der Waals surface area contributed by atoms with Crippen molar-refractivity contribution in [3.8, 4) is 11.4 Å². The first kappa shape index (κ1) is 8.29. The Balaban J connectivity index is 2.24. The van der Waals surface area contributed by atoms with Crippen molar-refractivity contribution in [3.05, 3.63) is 42.9 Å². The second-order valence-electron chi connectivity index (χ2n) is 3.66. The summed E-state index contributed by atoms with van der Waals surface area (Å²) in [6.07, 6.45) is 3.67. The number of fused-ring (bicyclic) bond motifs is 1. The first-order valence-electron chi connectivity index (χ1n) is 4.89. The highest BCUT2D eigenvalue weighted by molar-refractivity contribution is 5.85. The molecule has 0 saturated carbocycles. The number of nitrogens with zero attached hydrogens (tertiary/aromatic N) is 2. The minimum atomic E-state index is 1.10. The molecule has 1 aromatic carbocycles. The zero-order valence-corrected chi connectivity index (χ0v) is 8.44.